The molecule has 2 heterocycles. The van der Waals surface area contributed by atoms with Gasteiger partial charge in [0.2, 0.25) is 0 Å². The zero-order valence-electron chi connectivity index (χ0n) is 15.7. The van der Waals surface area contributed by atoms with E-state index < -0.39 is 11.7 Å². The van der Waals surface area contributed by atoms with Crippen LogP contribution in [0.15, 0.2) is 24.3 Å². The van der Waals surface area contributed by atoms with E-state index in [9.17, 15) is 9.59 Å². The van der Waals surface area contributed by atoms with Gasteiger partial charge in [-0.25, -0.2) is 4.79 Å². The van der Waals surface area contributed by atoms with Crippen molar-refractivity contribution in [1.29, 1.82) is 0 Å². The molecule has 4 rings (SSSR count). The molecule has 2 aromatic carbocycles. The first-order valence-corrected chi connectivity index (χ1v) is 9.37. The maximum Gasteiger partial charge on any atom is 0.414 e. The normalized spacial score (nSPS) is 18.6. The number of rotatable bonds is 1. The highest BCUT2D eigenvalue weighted by Gasteiger charge is 2.38. The summed E-state index contributed by atoms with van der Waals surface area (Å²) in [5.41, 5.74) is 1.66. The molecule has 1 atom stereocenters. The molecule has 0 radical (unpaired) electrons. The number of hydrogen-bond acceptors (Lipinski definition) is 4. The van der Waals surface area contributed by atoms with Gasteiger partial charge >= 0.3 is 6.09 Å². The molecular weight excluding hydrogens is 368 g/mol. The molecule has 0 fully saturated rings. The highest BCUT2D eigenvalue weighted by molar-refractivity contribution is 6.19. The maximum absolute atomic E-state index is 12.8. The number of carbonyl (C=O) groups is 2. The third-order valence-electron chi connectivity index (χ3n) is 4.80. The van der Waals surface area contributed by atoms with E-state index in [1.165, 1.54) is 5.06 Å². The Kier molecular flexibility index (Phi) is 4.00. The third kappa shape index (κ3) is 2.79. The van der Waals surface area contributed by atoms with Crippen LogP contribution < -0.4 is 9.74 Å². The fraction of sp³-hybridized carbons (Fsp3) is 0.400. The van der Waals surface area contributed by atoms with Crippen LogP contribution in [0.5, 0.6) is 5.75 Å². The van der Waals surface area contributed by atoms with E-state index in [0.29, 0.717) is 23.7 Å². The Hall–Kier alpha value is -2.47. The van der Waals surface area contributed by atoms with Crippen molar-refractivity contribution in [3.05, 3.63) is 35.4 Å². The minimum absolute atomic E-state index is 0.0479. The number of hydrogen-bond donors (Lipinski definition) is 0. The number of benzene rings is 2. The molecule has 2 aromatic rings. The van der Waals surface area contributed by atoms with Crippen molar-refractivity contribution < 1.29 is 19.2 Å². The second-order valence-corrected chi connectivity index (χ2v) is 8.18. The van der Waals surface area contributed by atoms with Gasteiger partial charge in [-0.3, -0.25) is 9.69 Å². The zero-order chi connectivity index (χ0) is 19.5. The number of hydroxylamine groups is 2. The average Bonchev–Trinajstić information content (AvgIpc) is 2.97. The number of anilines is 1. The first kappa shape index (κ1) is 17.9. The molecule has 0 N–H and O–H groups in total. The second kappa shape index (κ2) is 6.02. The number of amides is 2. The van der Waals surface area contributed by atoms with E-state index in [2.05, 4.69) is 0 Å². The number of alkyl halides is 1. The van der Waals surface area contributed by atoms with Crippen LogP contribution in [0.3, 0.4) is 0 Å². The quantitative estimate of drug-likeness (QED) is 0.683. The minimum atomic E-state index is -0.599. The summed E-state index contributed by atoms with van der Waals surface area (Å²) in [6.07, 6.45) is -0.417. The lowest BCUT2D eigenvalue weighted by Gasteiger charge is -2.28. The number of carbonyl (C=O) groups excluding carboxylic acids is 2. The number of ether oxygens (including phenoxy) is 1. The standard InChI is InChI=1S/C20H21ClN2O4/c1-20(2,3)26-19(25)23-10-11(9-21)16-12-6-5-7-13-17(12)15(8-14(16)23)27-22(4)18(13)24/h5-8,11H,9-10H2,1-4H3/t11-/m1/s1. The van der Waals surface area contributed by atoms with Crippen molar-refractivity contribution >= 4 is 40.1 Å². The van der Waals surface area contributed by atoms with Crippen LogP contribution in [0.25, 0.3) is 10.8 Å². The molecule has 0 saturated carbocycles. The monoisotopic (exact) mass is 388 g/mol. The van der Waals surface area contributed by atoms with Crippen LogP contribution in [0.1, 0.15) is 42.6 Å². The molecule has 6 nitrogen and oxygen atoms in total. The van der Waals surface area contributed by atoms with E-state index in [1.54, 1.807) is 24.1 Å². The smallest absolute Gasteiger partial charge is 0.414 e. The molecule has 0 bridgehead atoms. The summed E-state index contributed by atoms with van der Waals surface area (Å²) in [4.78, 5) is 32.6. The molecule has 0 aromatic heterocycles. The van der Waals surface area contributed by atoms with Gasteiger partial charge in [-0.2, -0.15) is 5.06 Å². The Labute approximate surface area is 162 Å². The summed E-state index contributed by atoms with van der Waals surface area (Å²) in [7, 11) is 1.57. The molecule has 2 aliphatic rings. The number of nitrogens with zero attached hydrogens (tertiary/aromatic N) is 2. The molecule has 0 saturated heterocycles. The minimum Gasteiger partial charge on any atom is -0.443 e. The first-order chi connectivity index (χ1) is 12.7. The molecular formula is C20H21ClN2O4. The molecule has 2 aliphatic heterocycles. The Morgan fingerprint density at radius 2 is 2.11 bits per heavy atom. The lowest BCUT2D eigenvalue weighted by Crippen LogP contribution is -2.36. The number of halogens is 1. The summed E-state index contributed by atoms with van der Waals surface area (Å²) < 4.78 is 5.57. The van der Waals surface area contributed by atoms with Gasteiger partial charge in [0, 0.05) is 36.8 Å². The molecule has 7 heteroatoms. The Morgan fingerprint density at radius 1 is 1.37 bits per heavy atom. The second-order valence-electron chi connectivity index (χ2n) is 7.87. The summed E-state index contributed by atoms with van der Waals surface area (Å²) in [6.45, 7) is 5.93. The lowest BCUT2D eigenvalue weighted by atomic mass is 9.92. The highest BCUT2D eigenvalue weighted by atomic mass is 35.5. The highest BCUT2D eigenvalue weighted by Crippen LogP contribution is 2.48. The van der Waals surface area contributed by atoms with Gasteiger partial charge in [-0.1, -0.05) is 12.1 Å². The van der Waals surface area contributed by atoms with Crippen LogP contribution in [0.4, 0.5) is 10.5 Å². The van der Waals surface area contributed by atoms with Gasteiger partial charge in [0.25, 0.3) is 5.91 Å². The Balaban J connectivity index is 1.92. The molecule has 0 spiro atoms. The van der Waals surface area contributed by atoms with Gasteiger partial charge in [-0.05, 0) is 37.8 Å². The molecule has 27 heavy (non-hydrogen) atoms. The van der Waals surface area contributed by atoms with Crippen molar-refractivity contribution in [3.8, 4) is 5.75 Å². The van der Waals surface area contributed by atoms with Gasteiger partial charge in [0.15, 0.2) is 5.75 Å². The van der Waals surface area contributed by atoms with Crippen molar-refractivity contribution in [1.82, 2.24) is 5.06 Å². The summed E-state index contributed by atoms with van der Waals surface area (Å²) in [6, 6.07) is 7.39. The zero-order valence-corrected chi connectivity index (χ0v) is 16.5. The van der Waals surface area contributed by atoms with Gasteiger partial charge in [-0.15, -0.1) is 11.6 Å². The predicted octanol–water partition coefficient (Wildman–Crippen LogP) is 4.30. The van der Waals surface area contributed by atoms with Crippen molar-refractivity contribution in [2.45, 2.75) is 32.3 Å². The Bertz CT molecular complexity index is 967. The Morgan fingerprint density at radius 3 is 2.78 bits per heavy atom. The van der Waals surface area contributed by atoms with Crippen LogP contribution in [0, 0.1) is 0 Å². The summed E-state index contributed by atoms with van der Waals surface area (Å²) in [5, 5.41) is 2.86. The van der Waals surface area contributed by atoms with Crippen LogP contribution in [0.2, 0.25) is 0 Å². The maximum atomic E-state index is 12.8. The molecule has 142 valence electrons. The predicted molar refractivity (Wildman–Crippen MR) is 104 cm³/mol. The fourth-order valence-corrected chi connectivity index (χ4v) is 3.99. The van der Waals surface area contributed by atoms with Crippen LogP contribution in [-0.2, 0) is 4.74 Å². The van der Waals surface area contributed by atoms with Gasteiger partial charge in [0.1, 0.15) is 5.60 Å². The lowest BCUT2D eigenvalue weighted by molar-refractivity contribution is -0.0156. The van der Waals surface area contributed by atoms with Gasteiger partial charge in [0.05, 0.1) is 11.3 Å². The van der Waals surface area contributed by atoms with Crippen molar-refractivity contribution in [2.24, 2.45) is 0 Å². The van der Waals surface area contributed by atoms with Crippen LogP contribution in [-0.4, -0.2) is 42.1 Å². The topological polar surface area (TPSA) is 59.1 Å². The van der Waals surface area contributed by atoms with Gasteiger partial charge < -0.3 is 9.57 Å². The van der Waals surface area contributed by atoms with E-state index >= 15 is 0 Å². The van der Waals surface area contributed by atoms with Crippen molar-refractivity contribution in [2.75, 3.05) is 24.4 Å². The molecule has 0 unspecified atom stereocenters. The van der Waals surface area contributed by atoms with E-state index in [4.69, 9.17) is 21.2 Å². The van der Waals surface area contributed by atoms with E-state index in [1.807, 2.05) is 32.9 Å². The molecule has 0 aliphatic carbocycles. The fourth-order valence-electron chi connectivity index (χ4n) is 3.74. The first-order valence-electron chi connectivity index (χ1n) is 8.83. The summed E-state index contributed by atoms with van der Waals surface area (Å²) in [5.74, 6) is 0.663. The third-order valence-corrected chi connectivity index (χ3v) is 5.17. The summed E-state index contributed by atoms with van der Waals surface area (Å²) >= 11 is 6.23. The van der Waals surface area contributed by atoms with E-state index in [-0.39, 0.29) is 11.8 Å². The van der Waals surface area contributed by atoms with Crippen LogP contribution >= 0.6 is 11.6 Å². The largest absolute Gasteiger partial charge is 0.443 e. The average molecular weight is 389 g/mol. The van der Waals surface area contributed by atoms with Crippen molar-refractivity contribution in [3.63, 3.8) is 0 Å². The van der Waals surface area contributed by atoms with E-state index in [0.717, 1.165) is 22.0 Å². The number of fused-ring (bicyclic) bond motifs is 2. The SMILES string of the molecule is CN1Oc2cc3c(c4cccc(c24)C1=O)[C@H](CCl)CN3C(=O)OC(C)(C)C. The molecule has 2 amide bonds.